The van der Waals surface area contributed by atoms with E-state index in [0.717, 1.165) is 28.5 Å². The second kappa shape index (κ2) is 10.3. The molecule has 6 heteroatoms. The highest BCUT2D eigenvalue weighted by atomic mass is 35.5. The number of carbonyl (C=O) groups excluding carboxylic acids is 1. The SMILES string of the molecule is C.N#Cc1c[nH]cc1-c1ccccc1Cl.O=Cc1c[nH]cc1-c1ccccc1Cl. The fourth-order valence-corrected chi connectivity index (χ4v) is 3.22. The van der Waals surface area contributed by atoms with E-state index in [0.29, 0.717) is 21.2 Å². The Morgan fingerprint density at radius 1 is 0.759 bits per heavy atom. The van der Waals surface area contributed by atoms with Gasteiger partial charge in [-0.05, 0) is 12.1 Å². The van der Waals surface area contributed by atoms with Crippen LogP contribution in [0.1, 0.15) is 23.3 Å². The van der Waals surface area contributed by atoms with Crippen LogP contribution in [0.15, 0.2) is 73.3 Å². The Morgan fingerprint density at radius 2 is 1.28 bits per heavy atom. The van der Waals surface area contributed by atoms with Gasteiger partial charge in [0.15, 0.2) is 6.29 Å². The van der Waals surface area contributed by atoms with E-state index in [2.05, 4.69) is 16.0 Å². The average Bonchev–Trinajstić information content (AvgIpc) is 3.38. The topological polar surface area (TPSA) is 72.4 Å². The van der Waals surface area contributed by atoms with Gasteiger partial charge in [-0.1, -0.05) is 67.0 Å². The molecule has 0 radical (unpaired) electrons. The molecule has 2 N–H and O–H groups in total. The summed E-state index contributed by atoms with van der Waals surface area (Å²) < 4.78 is 0. The minimum absolute atomic E-state index is 0. The number of nitrogens with zero attached hydrogens (tertiary/aromatic N) is 1. The zero-order valence-corrected chi connectivity index (χ0v) is 16.1. The van der Waals surface area contributed by atoms with Crippen LogP contribution in [0, 0.1) is 11.3 Å². The van der Waals surface area contributed by atoms with E-state index in [-0.39, 0.29) is 7.43 Å². The molecule has 0 unspecified atom stereocenters. The van der Waals surface area contributed by atoms with Crippen molar-refractivity contribution in [3.63, 3.8) is 0 Å². The summed E-state index contributed by atoms with van der Waals surface area (Å²) in [6.45, 7) is 0. The molecule has 2 heterocycles. The van der Waals surface area contributed by atoms with E-state index in [9.17, 15) is 4.79 Å². The number of halogens is 2. The third-order valence-corrected chi connectivity index (χ3v) is 4.76. The number of aldehydes is 1. The Morgan fingerprint density at radius 3 is 1.83 bits per heavy atom. The van der Waals surface area contributed by atoms with Crippen molar-refractivity contribution in [1.29, 1.82) is 5.26 Å². The normalized spacial score (nSPS) is 9.55. The Hall–Kier alpha value is -3.26. The van der Waals surface area contributed by atoms with Crippen LogP contribution in [0.5, 0.6) is 0 Å². The molecule has 146 valence electrons. The lowest BCUT2D eigenvalue weighted by molar-refractivity contribution is 0.112. The van der Waals surface area contributed by atoms with E-state index in [4.69, 9.17) is 28.5 Å². The monoisotopic (exact) mass is 423 g/mol. The smallest absolute Gasteiger partial charge is 0.152 e. The molecule has 0 amide bonds. The van der Waals surface area contributed by atoms with Gasteiger partial charge in [0.1, 0.15) is 6.07 Å². The van der Waals surface area contributed by atoms with Gasteiger partial charge in [-0.2, -0.15) is 5.26 Å². The van der Waals surface area contributed by atoms with Gasteiger partial charge in [0.2, 0.25) is 0 Å². The van der Waals surface area contributed by atoms with Crippen LogP contribution in [0.25, 0.3) is 22.3 Å². The molecule has 0 fully saturated rings. The van der Waals surface area contributed by atoms with E-state index in [1.807, 2.05) is 42.5 Å². The number of benzene rings is 2. The van der Waals surface area contributed by atoms with Gasteiger partial charge in [-0.25, -0.2) is 0 Å². The molecule has 4 rings (SSSR count). The fraction of sp³-hybridized carbons (Fsp3) is 0.0435. The van der Waals surface area contributed by atoms with Crippen LogP contribution in [-0.4, -0.2) is 16.3 Å². The zero-order valence-electron chi connectivity index (χ0n) is 14.6. The predicted molar refractivity (Wildman–Crippen MR) is 119 cm³/mol. The lowest BCUT2D eigenvalue weighted by atomic mass is 10.1. The third kappa shape index (κ3) is 4.97. The van der Waals surface area contributed by atoms with Crippen molar-refractivity contribution in [3.8, 4) is 28.3 Å². The zero-order chi connectivity index (χ0) is 19.9. The molecule has 0 bridgehead atoms. The van der Waals surface area contributed by atoms with E-state index >= 15 is 0 Å². The summed E-state index contributed by atoms with van der Waals surface area (Å²) in [6.07, 6.45) is 7.68. The standard InChI is InChI=1S/C11H7ClN2.C11H8ClNO.CH4/c12-11-4-2-1-3-9(11)10-7-14-6-8(10)5-13;12-11-4-2-1-3-9(11)10-6-13-5-8(10)7-14;/h1-4,6-7,14H;1-7,13H;1H4. The molecule has 2 aromatic carbocycles. The molecule has 0 atom stereocenters. The number of carbonyl (C=O) groups is 1. The minimum atomic E-state index is 0. The molecule has 0 saturated carbocycles. The van der Waals surface area contributed by atoms with Gasteiger partial charge >= 0.3 is 0 Å². The molecule has 0 spiro atoms. The van der Waals surface area contributed by atoms with Gasteiger partial charge < -0.3 is 9.97 Å². The second-order valence-electron chi connectivity index (χ2n) is 5.80. The molecule has 0 saturated heterocycles. The van der Waals surface area contributed by atoms with Gasteiger partial charge in [0.05, 0.1) is 5.56 Å². The number of hydrogen-bond acceptors (Lipinski definition) is 2. The van der Waals surface area contributed by atoms with Crippen molar-refractivity contribution in [2.75, 3.05) is 0 Å². The van der Waals surface area contributed by atoms with Crippen molar-refractivity contribution in [1.82, 2.24) is 9.97 Å². The van der Waals surface area contributed by atoms with Gasteiger partial charge in [-0.3, -0.25) is 4.79 Å². The molecular weight excluding hydrogens is 405 g/mol. The molecule has 4 nitrogen and oxygen atoms in total. The van der Waals surface area contributed by atoms with E-state index in [1.165, 1.54) is 0 Å². The van der Waals surface area contributed by atoms with Crippen molar-refractivity contribution in [3.05, 3.63) is 94.5 Å². The molecule has 2 aromatic heterocycles. The number of nitriles is 1. The maximum atomic E-state index is 10.7. The fourth-order valence-electron chi connectivity index (χ4n) is 2.75. The first-order valence-electron chi connectivity index (χ1n) is 8.34. The lowest BCUT2D eigenvalue weighted by Crippen LogP contribution is -1.82. The maximum Gasteiger partial charge on any atom is 0.152 e. The maximum absolute atomic E-state index is 10.7. The molecule has 0 aliphatic heterocycles. The number of nitrogens with one attached hydrogen (secondary N) is 2. The molecule has 0 aliphatic rings. The third-order valence-electron chi connectivity index (χ3n) is 4.10. The quantitative estimate of drug-likeness (QED) is 0.348. The highest BCUT2D eigenvalue weighted by Gasteiger charge is 2.08. The highest BCUT2D eigenvalue weighted by molar-refractivity contribution is 6.33. The Kier molecular flexibility index (Phi) is 7.85. The lowest BCUT2D eigenvalue weighted by Gasteiger charge is -2.01. The van der Waals surface area contributed by atoms with Crippen LogP contribution in [0.2, 0.25) is 10.0 Å². The largest absolute Gasteiger partial charge is 0.366 e. The average molecular weight is 424 g/mol. The summed E-state index contributed by atoms with van der Waals surface area (Å²) in [5.74, 6) is 0. The number of rotatable bonds is 3. The number of aromatic nitrogens is 2. The molecule has 29 heavy (non-hydrogen) atoms. The number of aromatic amines is 2. The van der Waals surface area contributed by atoms with Crippen molar-refractivity contribution in [2.24, 2.45) is 0 Å². The second-order valence-corrected chi connectivity index (χ2v) is 6.61. The van der Waals surface area contributed by atoms with Crippen LogP contribution in [-0.2, 0) is 0 Å². The van der Waals surface area contributed by atoms with Crippen LogP contribution >= 0.6 is 23.2 Å². The molecular formula is C23H19Cl2N3O. The van der Waals surface area contributed by atoms with E-state index in [1.54, 1.807) is 30.9 Å². The number of H-pyrrole nitrogens is 2. The first kappa shape index (κ1) is 22.0. The molecule has 0 aliphatic carbocycles. The minimum Gasteiger partial charge on any atom is -0.366 e. The summed E-state index contributed by atoms with van der Waals surface area (Å²) in [4.78, 5) is 16.5. The highest BCUT2D eigenvalue weighted by Crippen LogP contribution is 2.30. The summed E-state index contributed by atoms with van der Waals surface area (Å²) in [6, 6.07) is 17.0. The van der Waals surface area contributed by atoms with Crippen molar-refractivity contribution < 1.29 is 4.79 Å². The Balaban J connectivity index is 0.000000200. The first-order chi connectivity index (χ1) is 13.7. The summed E-state index contributed by atoms with van der Waals surface area (Å²) in [5, 5.41) is 10.2. The first-order valence-corrected chi connectivity index (χ1v) is 9.10. The van der Waals surface area contributed by atoms with Crippen molar-refractivity contribution >= 4 is 29.5 Å². The van der Waals surface area contributed by atoms with E-state index < -0.39 is 0 Å². The van der Waals surface area contributed by atoms with Crippen LogP contribution < -0.4 is 0 Å². The predicted octanol–water partition coefficient (Wildman–Crippen LogP) is 6.99. The molecule has 4 aromatic rings. The summed E-state index contributed by atoms with van der Waals surface area (Å²) in [5.41, 5.74) is 4.67. The van der Waals surface area contributed by atoms with Gasteiger partial charge in [0, 0.05) is 62.6 Å². The Bertz CT molecular complexity index is 1140. The van der Waals surface area contributed by atoms with Crippen LogP contribution in [0.3, 0.4) is 0 Å². The number of hydrogen-bond donors (Lipinski definition) is 2. The summed E-state index contributed by atoms with van der Waals surface area (Å²) >= 11 is 12.0. The van der Waals surface area contributed by atoms with Crippen molar-refractivity contribution in [2.45, 2.75) is 7.43 Å². The Labute approximate surface area is 179 Å². The van der Waals surface area contributed by atoms with Gasteiger partial charge in [-0.15, -0.1) is 0 Å². The van der Waals surface area contributed by atoms with Gasteiger partial charge in [0.25, 0.3) is 0 Å². The summed E-state index contributed by atoms with van der Waals surface area (Å²) in [7, 11) is 0. The van der Waals surface area contributed by atoms with Crippen LogP contribution in [0.4, 0.5) is 0 Å².